The van der Waals surface area contributed by atoms with Crippen molar-refractivity contribution in [2.24, 2.45) is 5.92 Å². The molecule has 0 radical (unpaired) electrons. The summed E-state index contributed by atoms with van der Waals surface area (Å²) < 4.78 is 11.4. The lowest BCUT2D eigenvalue weighted by Gasteiger charge is -2.42. The van der Waals surface area contributed by atoms with Gasteiger partial charge in [-0.3, -0.25) is 4.79 Å². The van der Waals surface area contributed by atoms with Gasteiger partial charge >= 0.3 is 5.97 Å². The van der Waals surface area contributed by atoms with Crippen LogP contribution in [0.5, 0.6) is 0 Å². The molecular weight excluding hydrogens is 466 g/mol. The van der Waals surface area contributed by atoms with Crippen molar-refractivity contribution in [3.63, 3.8) is 0 Å². The minimum absolute atomic E-state index is 0.00457. The first-order valence-corrected chi connectivity index (χ1v) is 13.6. The summed E-state index contributed by atoms with van der Waals surface area (Å²) in [6.07, 6.45) is 7.06. The molecule has 2 fully saturated rings. The molecule has 2 aliphatic carbocycles. The predicted octanol–water partition coefficient (Wildman–Crippen LogP) is 5.26. The van der Waals surface area contributed by atoms with Gasteiger partial charge in [0.1, 0.15) is 4.88 Å². The average Bonchev–Trinajstić information content (AvgIpc) is 3.46. The van der Waals surface area contributed by atoms with E-state index >= 15 is 0 Å². The number of amides is 1. The first kappa shape index (κ1) is 26.3. The molecule has 1 aromatic heterocycles. The molecule has 1 amide bonds. The molecule has 2 atom stereocenters. The van der Waals surface area contributed by atoms with E-state index in [9.17, 15) is 19.8 Å². The standard InChI is InChI=1S/C27H39NO6S/c1-17-5-7-18(8-6-17)24(29)28(21-15-22(26(2,3)4)35-23(21)25(30)31)19-9-12-27(32,13-10-19)34-20-11-14-33-16-20/h5,15,18-20,32H,6-14,16H2,1-4H3,(H,30,31)/t18-,19?,20+,27?/m0/s1. The van der Waals surface area contributed by atoms with Crippen LogP contribution < -0.4 is 4.90 Å². The number of nitrogens with zero attached hydrogens (tertiary/aromatic N) is 1. The summed E-state index contributed by atoms with van der Waals surface area (Å²) in [6.45, 7) is 9.40. The molecule has 1 aliphatic heterocycles. The van der Waals surface area contributed by atoms with Crippen LogP contribution in [0, 0.1) is 5.92 Å². The van der Waals surface area contributed by atoms with Crippen LogP contribution in [-0.4, -0.2) is 53.2 Å². The van der Waals surface area contributed by atoms with E-state index in [1.54, 1.807) is 4.90 Å². The van der Waals surface area contributed by atoms with Gasteiger partial charge in [-0.2, -0.15) is 0 Å². The van der Waals surface area contributed by atoms with Crippen LogP contribution in [0.4, 0.5) is 5.69 Å². The van der Waals surface area contributed by atoms with Gasteiger partial charge in [0.2, 0.25) is 5.91 Å². The van der Waals surface area contributed by atoms with Crippen molar-refractivity contribution in [1.29, 1.82) is 0 Å². The molecule has 1 saturated carbocycles. The highest BCUT2D eigenvalue weighted by Gasteiger charge is 2.42. The van der Waals surface area contributed by atoms with Gasteiger partial charge in [0.15, 0.2) is 5.79 Å². The molecule has 35 heavy (non-hydrogen) atoms. The molecule has 3 aliphatic rings. The fourth-order valence-electron chi connectivity index (χ4n) is 5.31. The van der Waals surface area contributed by atoms with Crippen molar-refractivity contribution in [1.82, 2.24) is 0 Å². The maximum absolute atomic E-state index is 14.0. The Morgan fingerprint density at radius 2 is 1.91 bits per heavy atom. The third-order valence-electron chi connectivity index (χ3n) is 7.51. The first-order chi connectivity index (χ1) is 16.5. The zero-order valence-electron chi connectivity index (χ0n) is 21.3. The number of carbonyl (C=O) groups is 2. The van der Waals surface area contributed by atoms with Crippen molar-refractivity contribution >= 4 is 28.9 Å². The van der Waals surface area contributed by atoms with Crippen molar-refractivity contribution in [3.8, 4) is 0 Å². The Bertz CT molecular complexity index is 963. The number of carboxylic acid groups (broad SMARTS) is 1. The summed E-state index contributed by atoms with van der Waals surface area (Å²) in [6, 6.07) is 1.72. The summed E-state index contributed by atoms with van der Waals surface area (Å²) in [5.74, 6) is -2.40. The van der Waals surface area contributed by atoms with E-state index in [0.29, 0.717) is 51.0 Å². The van der Waals surface area contributed by atoms with Gasteiger partial charge in [-0.05, 0) is 56.9 Å². The Kier molecular flexibility index (Phi) is 7.77. The van der Waals surface area contributed by atoms with Crippen LogP contribution in [0.25, 0.3) is 0 Å². The molecule has 1 saturated heterocycles. The number of carboxylic acids is 1. The predicted molar refractivity (Wildman–Crippen MR) is 136 cm³/mol. The molecular formula is C27H39NO6S. The summed E-state index contributed by atoms with van der Waals surface area (Å²) in [5, 5.41) is 21.1. The van der Waals surface area contributed by atoms with Crippen molar-refractivity contribution in [2.45, 2.75) is 102 Å². The molecule has 0 unspecified atom stereocenters. The van der Waals surface area contributed by atoms with E-state index in [1.165, 1.54) is 16.9 Å². The highest BCUT2D eigenvalue weighted by atomic mass is 32.1. The van der Waals surface area contributed by atoms with Gasteiger partial charge in [0.05, 0.1) is 18.4 Å². The molecule has 2 N–H and O–H groups in total. The number of allylic oxidation sites excluding steroid dienone is 2. The molecule has 0 bridgehead atoms. The van der Waals surface area contributed by atoms with Crippen LogP contribution in [-0.2, 0) is 19.7 Å². The largest absolute Gasteiger partial charge is 0.477 e. The summed E-state index contributed by atoms with van der Waals surface area (Å²) in [7, 11) is 0. The Balaban J connectivity index is 1.62. The first-order valence-electron chi connectivity index (χ1n) is 12.8. The fourth-order valence-corrected chi connectivity index (χ4v) is 6.36. The number of thiophene rings is 1. The summed E-state index contributed by atoms with van der Waals surface area (Å²) in [5.41, 5.74) is 1.58. The van der Waals surface area contributed by atoms with Gasteiger partial charge in [-0.1, -0.05) is 32.4 Å². The molecule has 7 nitrogen and oxygen atoms in total. The topological polar surface area (TPSA) is 96.3 Å². The van der Waals surface area contributed by atoms with E-state index in [1.807, 2.05) is 6.07 Å². The number of carbonyl (C=O) groups excluding carboxylic acids is 1. The number of hydrogen-bond acceptors (Lipinski definition) is 6. The lowest BCUT2D eigenvalue weighted by Crippen LogP contribution is -2.50. The third-order valence-corrected chi connectivity index (χ3v) is 9.04. The molecule has 8 heteroatoms. The summed E-state index contributed by atoms with van der Waals surface area (Å²) in [4.78, 5) is 29.2. The number of rotatable bonds is 6. The normalized spacial score (nSPS) is 29.6. The molecule has 0 aromatic carbocycles. The second-order valence-electron chi connectivity index (χ2n) is 11.4. The van der Waals surface area contributed by atoms with E-state index in [-0.39, 0.29) is 34.3 Å². The van der Waals surface area contributed by atoms with E-state index in [4.69, 9.17) is 9.47 Å². The number of hydrogen-bond donors (Lipinski definition) is 2. The lowest BCUT2D eigenvalue weighted by molar-refractivity contribution is -0.245. The fraction of sp³-hybridized carbons (Fsp3) is 0.704. The number of aromatic carboxylic acids is 1. The van der Waals surface area contributed by atoms with Gasteiger partial charge in [-0.15, -0.1) is 11.3 Å². The molecule has 4 rings (SSSR count). The van der Waals surface area contributed by atoms with Crippen LogP contribution in [0.3, 0.4) is 0 Å². The van der Waals surface area contributed by atoms with Gasteiger partial charge in [-0.25, -0.2) is 4.79 Å². The van der Waals surface area contributed by atoms with E-state index in [0.717, 1.165) is 24.1 Å². The highest BCUT2D eigenvalue weighted by molar-refractivity contribution is 7.14. The van der Waals surface area contributed by atoms with Crippen LogP contribution in [0.2, 0.25) is 0 Å². The maximum atomic E-state index is 14.0. The van der Waals surface area contributed by atoms with Crippen LogP contribution in [0.15, 0.2) is 17.7 Å². The number of ether oxygens (including phenoxy) is 2. The van der Waals surface area contributed by atoms with Gasteiger partial charge in [0, 0.05) is 36.3 Å². The average molecular weight is 506 g/mol. The van der Waals surface area contributed by atoms with E-state index < -0.39 is 11.8 Å². The third kappa shape index (κ3) is 5.98. The minimum atomic E-state index is -1.23. The highest BCUT2D eigenvalue weighted by Crippen LogP contribution is 2.43. The van der Waals surface area contributed by atoms with Crippen molar-refractivity contribution in [3.05, 3.63) is 27.5 Å². The van der Waals surface area contributed by atoms with Crippen molar-refractivity contribution < 1.29 is 29.3 Å². The molecule has 1 aromatic rings. The Morgan fingerprint density at radius 1 is 1.20 bits per heavy atom. The Morgan fingerprint density at radius 3 is 2.46 bits per heavy atom. The SMILES string of the molecule is CC1=CC[C@H](C(=O)N(c2cc(C(C)(C)C)sc2C(=O)O)C2CCC(O)(O[C@@H]3CCOC3)CC2)CC1. The maximum Gasteiger partial charge on any atom is 0.348 e. The quantitative estimate of drug-likeness (QED) is 0.404. The molecule has 2 heterocycles. The zero-order valence-corrected chi connectivity index (χ0v) is 22.2. The smallest absolute Gasteiger partial charge is 0.348 e. The molecule has 0 spiro atoms. The van der Waals surface area contributed by atoms with Crippen LogP contribution in [0.1, 0.15) is 93.6 Å². The lowest BCUT2D eigenvalue weighted by atomic mass is 9.85. The van der Waals surface area contributed by atoms with Crippen molar-refractivity contribution in [2.75, 3.05) is 18.1 Å². The second-order valence-corrected chi connectivity index (χ2v) is 12.4. The zero-order chi connectivity index (χ0) is 25.4. The van der Waals surface area contributed by atoms with Crippen LogP contribution >= 0.6 is 11.3 Å². The minimum Gasteiger partial charge on any atom is -0.477 e. The summed E-state index contributed by atoms with van der Waals surface area (Å²) >= 11 is 1.26. The Labute approximate surface area is 212 Å². The monoisotopic (exact) mass is 505 g/mol. The Hall–Kier alpha value is -1.74. The van der Waals surface area contributed by atoms with Gasteiger partial charge < -0.3 is 24.6 Å². The number of aliphatic hydroxyl groups is 1. The number of anilines is 1. The second kappa shape index (κ2) is 10.3. The molecule has 194 valence electrons. The van der Waals surface area contributed by atoms with E-state index in [2.05, 4.69) is 33.8 Å². The van der Waals surface area contributed by atoms with Gasteiger partial charge in [0.25, 0.3) is 0 Å².